The zero-order valence-electron chi connectivity index (χ0n) is 19.5. The van der Waals surface area contributed by atoms with Crippen LogP contribution in [0.15, 0.2) is 53.5 Å². The topological polar surface area (TPSA) is 118 Å². The first-order valence-corrected chi connectivity index (χ1v) is 11.8. The Morgan fingerprint density at radius 2 is 1.89 bits per heavy atom. The number of nitrogens with one attached hydrogen (secondary N) is 1. The summed E-state index contributed by atoms with van der Waals surface area (Å²) in [7, 11) is 0. The Morgan fingerprint density at radius 3 is 2.56 bits per heavy atom. The number of aromatic carboxylic acids is 1. The van der Waals surface area contributed by atoms with Crippen LogP contribution in [0.2, 0.25) is 0 Å². The molecule has 1 saturated heterocycles. The molecule has 36 heavy (non-hydrogen) atoms. The maximum absolute atomic E-state index is 15.1. The van der Waals surface area contributed by atoms with Crippen molar-refractivity contribution in [1.82, 2.24) is 9.88 Å². The van der Waals surface area contributed by atoms with Crippen molar-refractivity contribution >= 4 is 40.9 Å². The monoisotopic (exact) mass is 514 g/mol. The average Bonchev–Trinajstić information content (AvgIpc) is 3.58. The molecular weight excluding hydrogens is 487 g/mol. The summed E-state index contributed by atoms with van der Waals surface area (Å²) in [4.78, 5) is 38.7. The molecule has 5 rings (SSSR count). The molecule has 2 aromatic carbocycles. The number of hydrogen-bond acceptors (Lipinski definition) is 5. The molecule has 2 aliphatic rings. The lowest BCUT2D eigenvalue weighted by Gasteiger charge is -2.22. The van der Waals surface area contributed by atoms with E-state index in [2.05, 4.69) is 5.32 Å². The van der Waals surface area contributed by atoms with Crippen LogP contribution in [0.3, 0.4) is 0 Å². The van der Waals surface area contributed by atoms with E-state index in [1.165, 1.54) is 6.20 Å². The lowest BCUT2D eigenvalue weighted by Crippen LogP contribution is -2.47. The van der Waals surface area contributed by atoms with Gasteiger partial charge >= 0.3 is 5.97 Å². The number of benzene rings is 2. The van der Waals surface area contributed by atoms with E-state index in [1.807, 2.05) is 35.2 Å². The number of nitrogens with zero attached hydrogens (tertiary/aromatic N) is 2. The van der Waals surface area contributed by atoms with E-state index in [1.54, 1.807) is 10.6 Å². The van der Waals surface area contributed by atoms with E-state index >= 15 is 4.39 Å². The van der Waals surface area contributed by atoms with Gasteiger partial charge in [-0.3, -0.25) is 9.59 Å². The minimum atomic E-state index is -1.32. The molecule has 4 N–H and O–H groups in total. The van der Waals surface area contributed by atoms with Crippen molar-refractivity contribution in [3.63, 3.8) is 0 Å². The summed E-state index contributed by atoms with van der Waals surface area (Å²) in [6.07, 6.45) is 4.19. The number of carboxylic acids is 1. The summed E-state index contributed by atoms with van der Waals surface area (Å²) in [6, 6.07) is 11.6. The van der Waals surface area contributed by atoms with Crippen molar-refractivity contribution in [2.75, 3.05) is 18.0 Å². The summed E-state index contributed by atoms with van der Waals surface area (Å²) in [5.74, 6) is -2.16. The summed E-state index contributed by atoms with van der Waals surface area (Å²) in [5, 5.41) is 12.5. The molecule has 2 heterocycles. The molecule has 1 aromatic heterocycles. The summed E-state index contributed by atoms with van der Waals surface area (Å²) in [6.45, 7) is 0.940. The standard InChI is InChI=1S/C26H27FN4O4.ClH/c27-20-11-18-22(31(17-6-7-17)14-19(24(18)32)26(34)35)12-23(20)30-9-8-16(13-30)29-25(33)21(28)10-15-4-2-1-3-5-15;/h1-5,11-12,14,16-17,21H,6-10,13,28H2,(H,29,33)(H,34,35);1H. The maximum Gasteiger partial charge on any atom is 0.341 e. The first-order valence-electron chi connectivity index (χ1n) is 11.8. The van der Waals surface area contributed by atoms with Gasteiger partial charge in [0.05, 0.1) is 17.2 Å². The van der Waals surface area contributed by atoms with Crippen molar-refractivity contribution in [3.05, 3.63) is 75.8 Å². The van der Waals surface area contributed by atoms with Crippen LogP contribution in [0.5, 0.6) is 0 Å². The second kappa shape index (κ2) is 10.3. The predicted octanol–water partition coefficient (Wildman–Crippen LogP) is 2.86. The lowest BCUT2D eigenvalue weighted by atomic mass is 10.1. The van der Waals surface area contributed by atoms with E-state index in [4.69, 9.17) is 5.73 Å². The number of aromatic nitrogens is 1. The van der Waals surface area contributed by atoms with Gasteiger partial charge in [0, 0.05) is 36.8 Å². The third kappa shape index (κ3) is 5.08. The van der Waals surface area contributed by atoms with E-state index in [9.17, 15) is 19.5 Å². The number of carbonyl (C=O) groups excluding carboxylic acids is 1. The number of amides is 1. The normalized spacial score (nSPS) is 18.1. The highest BCUT2D eigenvalue weighted by atomic mass is 35.5. The molecule has 1 saturated carbocycles. The number of anilines is 1. The van der Waals surface area contributed by atoms with Crippen LogP contribution in [-0.4, -0.2) is 46.7 Å². The van der Waals surface area contributed by atoms with Crippen LogP contribution in [0.1, 0.15) is 41.2 Å². The Balaban J connectivity index is 0.00000304. The Kier molecular flexibility index (Phi) is 7.33. The Morgan fingerprint density at radius 1 is 1.17 bits per heavy atom. The molecular formula is C26H28ClFN4O4. The number of carboxylic acid groups (broad SMARTS) is 1. The zero-order chi connectivity index (χ0) is 24.7. The zero-order valence-corrected chi connectivity index (χ0v) is 20.3. The molecule has 1 amide bonds. The third-order valence-corrected chi connectivity index (χ3v) is 6.78. The smallest absolute Gasteiger partial charge is 0.341 e. The Labute approximate surface area is 213 Å². The van der Waals surface area contributed by atoms with Gasteiger partial charge in [-0.15, -0.1) is 12.4 Å². The molecule has 2 fully saturated rings. The number of fused-ring (bicyclic) bond motifs is 1. The first kappa shape index (κ1) is 25.7. The van der Waals surface area contributed by atoms with Gasteiger partial charge < -0.3 is 25.6 Å². The van der Waals surface area contributed by atoms with Crippen LogP contribution in [0.4, 0.5) is 10.1 Å². The van der Waals surface area contributed by atoms with E-state index < -0.39 is 23.3 Å². The summed E-state index contributed by atoms with van der Waals surface area (Å²) >= 11 is 0. The molecule has 10 heteroatoms. The fourth-order valence-electron chi connectivity index (χ4n) is 4.77. The van der Waals surface area contributed by atoms with E-state index in [-0.39, 0.29) is 41.3 Å². The van der Waals surface area contributed by atoms with E-state index in [0.717, 1.165) is 24.5 Å². The van der Waals surface area contributed by atoms with Gasteiger partial charge in [0.1, 0.15) is 11.4 Å². The molecule has 0 radical (unpaired) electrons. The van der Waals surface area contributed by atoms with Crippen LogP contribution in [-0.2, 0) is 11.2 Å². The van der Waals surface area contributed by atoms with Crippen molar-refractivity contribution < 1.29 is 19.1 Å². The Bertz CT molecular complexity index is 1360. The van der Waals surface area contributed by atoms with Crippen molar-refractivity contribution in [2.24, 2.45) is 5.73 Å². The molecule has 0 spiro atoms. The number of hydrogen-bond donors (Lipinski definition) is 3. The highest BCUT2D eigenvalue weighted by Crippen LogP contribution is 2.38. The van der Waals surface area contributed by atoms with Crippen LogP contribution in [0, 0.1) is 5.82 Å². The number of nitrogens with two attached hydrogens (primary N) is 1. The largest absolute Gasteiger partial charge is 0.477 e. The van der Waals surface area contributed by atoms with Crippen molar-refractivity contribution in [3.8, 4) is 0 Å². The third-order valence-electron chi connectivity index (χ3n) is 6.78. The lowest BCUT2D eigenvalue weighted by molar-refractivity contribution is -0.122. The fraction of sp³-hybridized carbons (Fsp3) is 0.346. The van der Waals surface area contributed by atoms with Gasteiger partial charge in [-0.2, -0.15) is 0 Å². The minimum absolute atomic E-state index is 0. The van der Waals surface area contributed by atoms with Crippen LogP contribution >= 0.6 is 12.4 Å². The molecule has 1 aliphatic carbocycles. The molecule has 0 bridgehead atoms. The predicted molar refractivity (Wildman–Crippen MR) is 138 cm³/mol. The number of rotatable bonds is 7. The molecule has 2 atom stereocenters. The van der Waals surface area contributed by atoms with Gasteiger partial charge in [-0.05, 0) is 43.4 Å². The second-order valence-corrected chi connectivity index (χ2v) is 9.37. The molecule has 190 valence electrons. The quantitative estimate of drug-likeness (QED) is 0.446. The SMILES string of the molecule is Cl.NC(Cc1ccccc1)C(=O)NC1CCN(c2cc3c(cc2F)c(=O)c(C(=O)O)cn3C2CC2)C1. The summed E-state index contributed by atoms with van der Waals surface area (Å²) < 4.78 is 16.9. The molecule has 1 aliphatic heterocycles. The van der Waals surface area contributed by atoms with Crippen molar-refractivity contribution in [1.29, 1.82) is 0 Å². The second-order valence-electron chi connectivity index (χ2n) is 9.37. The molecule has 8 nitrogen and oxygen atoms in total. The molecule has 2 unspecified atom stereocenters. The van der Waals surface area contributed by atoms with Gasteiger partial charge in [-0.1, -0.05) is 30.3 Å². The van der Waals surface area contributed by atoms with E-state index in [0.29, 0.717) is 37.1 Å². The average molecular weight is 515 g/mol. The van der Waals surface area contributed by atoms with Crippen LogP contribution in [0.25, 0.3) is 10.9 Å². The summed E-state index contributed by atoms with van der Waals surface area (Å²) in [5.41, 5.74) is 6.90. The first-order chi connectivity index (χ1) is 16.8. The van der Waals surface area contributed by atoms with Gasteiger partial charge in [-0.25, -0.2) is 9.18 Å². The Hall–Kier alpha value is -3.43. The number of pyridine rings is 1. The number of carbonyl (C=O) groups is 2. The highest BCUT2D eigenvalue weighted by Gasteiger charge is 2.30. The highest BCUT2D eigenvalue weighted by molar-refractivity contribution is 5.93. The van der Waals surface area contributed by atoms with Crippen LogP contribution < -0.4 is 21.4 Å². The molecule has 3 aromatic rings. The van der Waals surface area contributed by atoms with Gasteiger partial charge in [0.15, 0.2) is 0 Å². The maximum atomic E-state index is 15.1. The minimum Gasteiger partial charge on any atom is -0.477 e. The fourth-order valence-corrected chi connectivity index (χ4v) is 4.77. The van der Waals surface area contributed by atoms with Gasteiger partial charge in [0.2, 0.25) is 11.3 Å². The van der Waals surface area contributed by atoms with Gasteiger partial charge in [0.25, 0.3) is 0 Å². The number of halogens is 2. The van der Waals surface area contributed by atoms with Crippen molar-refractivity contribution in [2.45, 2.75) is 43.8 Å².